The van der Waals surface area contributed by atoms with Crippen molar-refractivity contribution < 1.29 is 46.4 Å². The lowest BCUT2D eigenvalue weighted by Gasteiger charge is -2.34. The fraction of sp³-hybridized carbons (Fsp3) is 0.458. The molecule has 0 spiro atoms. The molecule has 0 amide bonds. The van der Waals surface area contributed by atoms with Gasteiger partial charge in [-0.05, 0) is 118 Å². The molecule has 2 aliphatic heterocycles. The summed E-state index contributed by atoms with van der Waals surface area (Å²) in [6.45, 7) is 9.40. The Morgan fingerprint density at radius 3 is 1.39 bits per heavy atom. The van der Waals surface area contributed by atoms with E-state index in [2.05, 4.69) is 31.9 Å². The van der Waals surface area contributed by atoms with Crippen LogP contribution < -0.4 is 35.1 Å². The molecule has 2 aromatic heterocycles. The molecule has 16 nitrogen and oxygen atoms in total. The fourth-order valence-corrected chi connectivity index (χ4v) is 9.40. The van der Waals surface area contributed by atoms with Crippen molar-refractivity contribution >= 4 is 23.0 Å². The molecule has 4 fully saturated rings. The van der Waals surface area contributed by atoms with Crippen LogP contribution in [0.4, 0.5) is 28.9 Å². The first kappa shape index (κ1) is 61.1. The summed E-state index contributed by atoms with van der Waals surface area (Å²) in [5.74, 6) is -1.30. The van der Waals surface area contributed by atoms with Crippen LogP contribution in [0.1, 0.15) is 57.1 Å². The van der Waals surface area contributed by atoms with Crippen molar-refractivity contribution in [2.75, 3.05) is 117 Å². The van der Waals surface area contributed by atoms with Gasteiger partial charge in [-0.2, -0.15) is 19.6 Å². The summed E-state index contributed by atoms with van der Waals surface area (Å²) < 4.78 is 84.4. The third-order valence-corrected chi connectivity index (χ3v) is 15.2. The van der Waals surface area contributed by atoms with Crippen LogP contribution in [-0.2, 0) is 22.7 Å². The molecular formula is C59H73ClF4N8O8. The molecule has 2 saturated heterocycles. The summed E-state index contributed by atoms with van der Waals surface area (Å²) in [6, 6.07) is 21.4. The lowest BCUT2D eigenvalue weighted by molar-refractivity contribution is 0.0892. The van der Waals surface area contributed by atoms with Gasteiger partial charge in [0.25, 0.3) is 5.56 Å². The van der Waals surface area contributed by atoms with Crippen molar-refractivity contribution in [3.63, 3.8) is 0 Å². The molecule has 0 bridgehead atoms. The van der Waals surface area contributed by atoms with Crippen molar-refractivity contribution in [2.45, 2.75) is 59.2 Å². The van der Waals surface area contributed by atoms with Gasteiger partial charge in [0.05, 0.1) is 63.5 Å². The van der Waals surface area contributed by atoms with E-state index in [1.54, 1.807) is 20.4 Å². The molecule has 10 rings (SSSR count). The van der Waals surface area contributed by atoms with Crippen LogP contribution in [0.5, 0.6) is 17.2 Å². The number of benzene rings is 4. The number of aromatic nitrogens is 4. The number of halogens is 5. The summed E-state index contributed by atoms with van der Waals surface area (Å²) in [5, 5.41) is 17.4. The van der Waals surface area contributed by atoms with E-state index in [1.165, 1.54) is 6.20 Å². The zero-order valence-corrected chi connectivity index (χ0v) is 45.9. The van der Waals surface area contributed by atoms with Crippen molar-refractivity contribution in [1.82, 2.24) is 29.4 Å². The average molecular weight is 1130 g/mol. The Bertz CT molecular complexity index is 3030. The Kier molecular flexibility index (Phi) is 21.6. The van der Waals surface area contributed by atoms with E-state index in [1.807, 2.05) is 60.5 Å². The van der Waals surface area contributed by atoms with Crippen LogP contribution in [-0.4, -0.2) is 142 Å². The highest BCUT2D eigenvalue weighted by molar-refractivity contribution is 6.33. The molecule has 4 aliphatic rings. The lowest BCUT2D eigenvalue weighted by Crippen LogP contribution is -2.45. The summed E-state index contributed by atoms with van der Waals surface area (Å²) in [5.41, 5.74) is 2.37. The highest BCUT2D eigenvalue weighted by atomic mass is 35.5. The first-order chi connectivity index (χ1) is 38.1. The summed E-state index contributed by atoms with van der Waals surface area (Å²) in [4.78, 5) is 34.4. The Balaban J connectivity index is 0.000000191. The van der Waals surface area contributed by atoms with Crippen molar-refractivity contribution in [3.05, 3.63) is 157 Å². The van der Waals surface area contributed by atoms with Gasteiger partial charge in [0.2, 0.25) is 5.75 Å². The summed E-state index contributed by atoms with van der Waals surface area (Å²) in [7, 11) is 7.37. The van der Waals surface area contributed by atoms with Crippen LogP contribution in [0.2, 0.25) is 5.02 Å². The maximum atomic E-state index is 13.9. The first-order valence-electron chi connectivity index (χ1n) is 26.4. The molecule has 6 aromatic rings. The van der Waals surface area contributed by atoms with E-state index in [9.17, 15) is 27.2 Å². The van der Waals surface area contributed by atoms with E-state index in [0.717, 1.165) is 166 Å². The molecule has 1 N–H and O–H groups in total. The van der Waals surface area contributed by atoms with Crippen LogP contribution in [0.3, 0.4) is 0 Å². The summed E-state index contributed by atoms with van der Waals surface area (Å²) >= 11 is 6.18. The number of aliphatic hydroxyl groups is 1. The van der Waals surface area contributed by atoms with Gasteiger partial charge in [0, 0.05) is 89.7 Å². The molecule has 80 heavy (non-hydrogen) atoms. The van der Waals surface area contributed by atoms with Gasteiger partial charge >= 0.3 is 5.56 Å². The van der Waals surface area contributed by atoms with Gasteiger partial charge in [-0.25, -0.2) is 17.6 Å². The normalized spacial score (nSPS) is 16.3. The first-order valence-corrected chi connectivity index (χ1v) is 26.8. The molecule has 4 heterocycles. The number of aliphatic hydroxyl groups excluding tert-OH is 1. The van der Waals surface area contributed by atoms with E-state index in [0.29, 0.717) is 44.4 Å². The highest BCUT2D eigenvalue weighted by Gasteiger charge is 2.44. The Labute approximate surface area is 469 Å². The smallest absolute Gasteiger partial charge is 0.316 e. The van der Waals surface area contributed by atoms with Crippen molar-refractivity contribution in [3.8, 4) is 28.6 Å². The second-order valence-corrected chi connectivity index (χ2v) is 21.1. The van der Waals surface area contributed by atoms with Gasteiger partial charge in [-0.15, -0.1) is 0 Å². The van der Waals surface area contributed by atoms with Crippen molar-refractivity contribution in [1.29, 1.82) is 0 Å². The van der Waals surface area contributed by atoms with Gasteiger partial charge in [-0.1, -0.05) is 43.3 Å². The number of piperazine rings is 2. The van der Waals surface area contributed by atoms with E-state index in [-0.39, 0.29) is 40.4 Å². The van der Waals surface area contributed by atoms with Gasteiger partial charge in [-0.3, -0.25) is 9.59 Å². The van der Waals surface area contributed by atoms with Crippen LogP contribution in [0, 0.1) is 34.1 Å². The van der Waals surface area contributed by atoms with Crippen LogP contribution >= 0.6 is 11.6 Å². The summed E-state index contributed by atoms with van der Waals surface area (Å²) in [6.07, 6.45) is 9.06. The molecule has 0 atom stereocenters. The third kappa shape index (κ3) is 16.5. The molecular weight excluding hydrogens is 1060 g/mol. The second-order valence-electron chi connectivity index (χ2n) is 20.7. The van der Waals surface area contributed by atoms with E-state index < -0.39 is 34.4 Å². The van der Waals surface area contributed by atoms with Crippen LogP contribution in [0.25, 0.3) is 11.4 Å². The average Bonchev–Trinajstić information content (AvgIpc) is 4.41. The van der Waals surface area contributed by atoms with Gasteiger partial charge in [0.15, 0.2) is 0 Å². The molecule has 4 aromatic carbocycles. The number of rotatable bonds is 20. The van der Waals surface area contributed by atoms with E-state index >= 15 is 0 Å². The lowest BCUT2D eigenvalue weighted by atomic mass is 10.1. The Morgan fingerprint density at radius 2 is 0.975 bits per heavy atom. The highest BCUT2D eigenvalue weighted by Crippen LogP contribution is 2.49. The number of anilines is 2. The van der Waals surface area contributed by atoms with Gasteiger partial charge < -0.3 is 48.4 Å². The minimum Gasteiger partial charge on any atom is -0.497 e. The maximum Gasteiger partial charge on any atom is 0.316 e. The number of methoxy groups -OCH3 is 2. The number of ether oxygens (including phenoxy) is 5. The molecule has 0 unspecified atom stereocenters. The minimum absolute atomic E-state index is 0. The number of nitrogens with zero attached hydrogens (tertiary/aromatic N) is 8. The Hall–Kier alpha value is -6.55. The fourth-order valence-electron chi connectivity index (χ4n) is 9.15. The van der Waals surface area contributed by atoms with Crippen LogP contribution in [0.15, 0.2) is 107 Å². The third-order valence-electron chi connectivity index (χ3n) is 14.9. The van der Waals surface area contributed by atoms with E-state index in [4.69, 9.17) is 40.4 Å². The number of hydrogen-bond donors (Lipinski definition) is 1. The molecule has 21 heteroatoms. The standard InChI is InChI=1S/C29H34F2N4O4.C15H15ClF2N4O.C14H20O3.CH4/c1-33-10-12-34(13-11-33)26-18-32-35(24-16-22(30)15-23(31)17-24)28(36)27(26)39-20-29(7-8-29)9-14-38-19-21-3-5-25(37-2)6-4-21;1-20-2-4-21(5-3-20)13-9-19-22(15(23)14(13)16)12-7-10(17)6-11(18)8-12;1-16-13-4-2-12(3-5-13)10-17-9-8-14(11-15)6-7-14;/h3-6,15-18H,7-14,19-20H2,1-2H3;6-9H,2-5H2,1H3;2-5,15H,6-11H2,1H3;1H4. The quantitative estimate of drug-likeness (QED) is 0.0573. The van der Waals surface area contributed by atoms with Gasteiger partial charge in [0.1, 0.15) is 45.5 Å². The molecule has 2 aliphatic carbocycles. The van der Waals surface area contributed by atoms with Crippen molar-refractivity contribution in [2.24, 2.45) is 10.8 Å². The number of hydrogen-bond acceptors (Lipinski definition) is 14. The Morgan fingerprint density at radius 1 is 0.575 bits per heavy atom. The monoisotopic (exact) mass is 1130 g/mol. The second kappa shape index (κ2) is 28.2. The topological polar surface area (TPSA) is 149 Å². The molecule has 432 valence electrons. The molecule has 2 saturated carbocycles. The molecule has 0 radical (unpaired) electrons. The minimum atomic E-state index is -0.784. The predicted octanol–water partition coefficient (Wildman–Crippen LogP) is 8.96. The zero-order chi connectivity index (χ0) is 56.1. The predicted molar refractivity (Wildman–Crippen MR) is 301 cm³/mol. The SMILES string of the molecule is C.CN1CCN(c2cnn(-c3cc(F)cc(F)c3)c(=O)c2Cl)CC1.COc1ccc(COCCC2(CO)CC2)cc1.COc1ccc(COCCC2(COc3c(N4CCN(C)CC4)cnn(-c4cc(F)cc(F)c4)c3=O)CC2)cc1. The largest absolute Gasteiger partial charge is 0.497 e. The number of likely N-dealkylation sites (N-methyl/N-ethyl adjacent to an activating group) is 2. The zero-order valence-electron chi connectivity index (χ0n) is 45.2. The maximum absolute atomic E-state index is 13.9.